The van der Waals surface area contributed by atoms with Crippen LogP contribution in [0.2, 0.25) is 10.0 Å². The van der Waals surface area contributed by atoms with Crippen LogP contribution in [0, 0.1) is 6.92 Å². The van der Waals surface area contributed by atoms with Crippen LogP contribution >= 0.6 is 23.2 Å². The molecule has 0 N–H and O–H groups in total. The summed E-state index contributed by atoms with van der Waals surface area (Å²) >= 11 is 12.2. The first-order valence-corrected chi connectivity index (χ1v) is 16.5. The molecule has 0 heterocycles. The summed E-state index contributed by atoms with van der Waals surface area (Å²) in [5.74, 6) is -0.450. The number of esters is 2. The number of carbonyl (C=O) groups is 2. The van der Waals surface area contributed by atoms with Gasteiger partial charge in [-0.2, -0.15) is 0 Å². The second-order valence-corrected chi connectivity index (χ2v) is 13.2. The molecule has 0 unspecified atom stereocenters. The summed E-state index contributed by atoms with van der Waals surface area (Å²) in [6.45, 7) is 2.07. The fourth-order valence-corrected chi connectivity index (χ4v) is 7.68. The van der Waals surface area contributed by atoms with Gasteiger partial charge in [-0.3, -0.25) is 0 Å². The van der Waals surface area contributed by atoms with Gasteiger partial charge in [0.2, 0.25) is 0 Å². The van der Waals surface area contributed by atoms with E-state index in [9.17, 15) is 9.59 Å². The van der Waals surface area contributed by atoms with Gasteiger partial charge in [0.1, 0.15) is 11.5 Å². The second-order valence-electron chi connectivity index (χ2n) is 12.3. The third-order valence-electron chi connectivity index (χ3n) is 9.50. The van der Waals surface area contributed by atoms with Gasteiger partial charge in [-0.25, -0.2) is 9.59 Å². The van der Waals surface area contributed by atoms with Crippen LogP contribution in [-0.2, 0) is 11.8 Å². The lowest BCUT2D eigenvalue weighted by molar-refractivity contribution is 0.0714. The van der Waals surface area contributed by atoms with Gasteiger partial charge >= 0.3 is 11.9 Å². The Balaban J connectivity index is 1.39. The molecule has 6 heteroatoms. The quantitative estimate of drug-likeness (QED) is 0.131. The molecule has 0 amide bonds. The Morgan fingerprint density at radius 1 is 0.604 bits per heavy atom. The van der Waals surface area contributed by atoms with E-state index in [1.807, 2.05) is 12.1 Å². The molecule has 0 saturated heterocycles. The largest absolute Gasteiger partial charge is 0.423 e. The molecule has 0 fully saturated rings. The van der Waals surface area contributed by atoms with E-state index in [-0.39, 0.29) is 5.92 Å². The van der Waals surface area contributed by atoms with Crippen LogP contribution in [0.3, 0.4) is 0 Å². The standard InChI is InChI=1S/C42H28Cl2O4/c1-25-10-12-26(13-11-25)24-42-33-8-4-2-6-31(33)37(32-7-3-5-9-34(32)42)38-35(47-40(45)27-14-18-29(43)19-15-27)22-23-36(39(38)42)48-41(46)28-16-20-30(44)21-17-28/h2-23,37H,24H2,1H3. The Morgan fingerprint density at radius 3 is 1.62 bits per heavy atom. The van der Waals surface area contributed by atoms with E-state index in [2.05, 4.69) is 67.6 Å². The van der Waals surface area contributed by atoms with Crippen molar-refractivity contribution in [3.05, 3.63) is 199 Å². The van der Waals surface area contributed by atoms with Gasteiger partial charge in [0.05, 0.1) is 16.5 Å². The van der Waals surface area contributed by atoms with Crippen molar-refractivity contribution >= 4 is 35.1 Å². The molecule has 0 spiro atoms. The SMILES string of the molecule is Cc1ccc(CC23c4ccccc4C(c4ccccc42)c2c(OC(=O)c4ccc(Cl)cc4)ccc(OC(=O)c4ccc(Cl)cc4)c23)cc1. The first kappa shape index (κ1) is 30.2. The molecule has 9 rings (SSSR count). The summed E-state index contributed by atoms with van der Waals surface area (Å²) in [4.78, 5) is 27.3. The van der Waals surface area contributed by atoms with E-state index >= 15 is 0 Å². The smallest absolute Gasteiger partial charge is 0.343 e. The highest BCUT2D eigenvalue weighted by Crippen LogP contribution is 2.64. The molecule has 0 aliphatic heterocycles. The average Bonchev–Trinajstić information content (AvgIpc) is 3.11. The maximum Gasteiger partial charge on any atom is 0.343 e. The topological polar surface area (TPSA) is 52.6 Å². The van der Waals surface area contributed by atoms with Crippen LogP contribution < -0.4 is 9.47 Å². The molecule has 3 aliphatic rings. The van der Waals surface area contributed by atoms with Crippen LogP contribution in [0.15, 0.2) is 133 Å². The van der Waals surface area contributed by atoms with E-state index in [0.717, 1.165) is 38.9 Å². The highest BCUT2D eigenvalue weighted by molar-refractivity contribution is 6.31. The molecule has 234 valence electrons. The van der Waals surface area contributed by atoms with Crippen LogP contribution in [0.1, 0.15) is 71.1 Å². The molecule has 0 atom stereocenters. The van der Waals surface area contributed by atoms with E-state index in [4.69, 9.17) is 32.7 Å². The van der Waals surface area contributed by atoms with Crippen molar-refractivity contribution < 1.29 is 19.1 Å². The van der Waals surface area contributed by atoms with Crippen molar-refractivity contribution in [3.8, 4) is 11.5 Å². The van der Waals surface area contributed by atoms with E-state index < -0.39 is 17.4 Å². The number of rotatable bonds is 6. The number of aryl methyl sites for hydroxylation is 1. The molecule has 3 aliphatic carbocycles. The minimum absolute atomic E-state index is 0.269. The molecule has 0 aromatic heterocycles. The van der Waals surface area contributed by atoms with Gasteiger partial charge in [0.15, 0.2) is 0 Å². The zero-order valence-electron chi connectivity index (χ0n) is 25.9. The molecule has 0 radical (unpaired) electrons. The normalized spacial score (nSPS) is 16.8. The van der Waals surface area contributed by atoms with Gasteiger partial charge in [-0.1, -0.05) is 102 Å². The highest BCUT2D eigenvalue weighted by Gasteiger charge is 2.54. The molecule has 2 bridgehead atoms. The Kier molecular flexibility index (Phi) is 7.43. The first-order valence-electron chi connectivity index (χ1n) is 15.7. The minimum Gasteiger partial charge on any atom is -0.423 e. The van der Waals surface area contributed by atoms with Crippen molar-refractivity contribution in [2.24, 2.45) is 0 Å². The van der Waals surface area contributed by atoms with Crippen molar-refractivity contribution in [2.75, 3.05) is 0 Å². The van der Waals surface area contributed by atoms with Crippen molar-refractivity contribution in [3.63, 3.8) is 0 Å². The number of hydrogen-bond acceptors (Lipinski definition) is 4. The zero-order valence-corrected chi connectivity index (χ0v) is 27.4. The molecule has 4 nitrogen and oxygen atoms in total. The van der Waals surface area contributed by atoms with E-state index in [1.165, 1.54) is 5.56 Å². The predicted octanol–water partition coefficient (Wildman–Crippen LogP) is 10.1. The van der Waals surface area contributed by atoms with Crippen molar-refractivity contribution in [1.82, 2.24) is 0 Å². The minimum atomic E-state index is -0.773. The lowest BCUT2D eigenvalue weighted by Crippen LogP contribution is -2.44. The maximum absolute atomic E-state index is 13.7. The lowest BCUT2D eigenvalue weighted by atomic mass is 9.51. The zero-order chi connectivity index (χ0) is 33.0. The summed E-state index contributed by atoms with van der Waals surface area (Å²) in [7, 11) is 0. The fourth-order valence-electron chi connectivity index (χ4n) is 7.43. The number of benzene rings is 6. The molecular formula is C42H28Cl2O4. The van der Waals surface area contributed by atoms with Gasteiger partial charge in [-0.05, 0) is 102 Å². The van der Waals surface area contributed by atoms with Gasteiger partial charge in [0, 0.05) is 27.1 Å². The molecule has 48 heavy (non-hydrogen) atoms. The van der Waals surface area contributed by atoms with Crippen LogP contribution in [-0.4, -0.2) is 11.9 Å². The summed E-state index contributed by atoms with van der Waals surface area (Å²) in [6.07, 6.45) is 0.584. The Labute approximate surface area is 288 Å². The number of halogens is 2. The number of ether oxygens (including phenoxy) is 2. The fraction of sp³-hybridized carbons (Fsp3) is 0.0952. The van der Waals surface area contributed by atoms with Crippen LogP contribution in [0.4, 0.5) is 0 Å². The summed E-state index contributed by atoms with van der Waals surface area (Å²) in [5.41, 5.74) is 8.40. The van der Waals surface area contributed by atoms with E-state index in [0.29, 0.717) is 39.1 Å². The van der Waals surface area contributed by atoms with Gasteiger partial charge in [-0.15, -0.1) is 0 Å². The third kappa shape index (κ3) is 4.92. The third-order valence-corrected chi connectivity index (χ3v) is 10.0. The maximum atomic E-state index is 13.7. The van der Waals surface area contributed by atoms with Crippen molar-refractivity contribution in [2.45, 2.75) is 24.7 Å². The predicted molar refractivity (Wildman–Crippen MR) is 188 cm³/mol. The second kappa shape index (κ2) is 11.8. The average molecular weight is 668 g/mol. The summed E-state index contributed by atoms with van der Waals surface area (Å²) < 4.78 is 12.6. The Morgan fingerprint density at radius 2 is 1.08 bits per heavy atom. The molecule has 6 aromatic carbocycles. The first-order chi connectivity index (χ1) is 23.3. The van der Waals surface area contributed by atoms with Crippen molar-refractivity contribution in [1.29, 1.82) is 0 Å². The number of hydrogen-bond donors (Lipinski definition) is 0. The Hall–Kier alpha value is -5.16. The highest BCUT2D eigenvalue weighted by atomic mass is 35.5. The van der Waals surface area contributed by atoms with Gasteiger partial charge in [0.25, 0.3) is 0 Å². The summed E-state index contributed by atoms with van der Waals surface area (Å²) in [6, 6.07) is 42.1. The van der Waals surface area contributed by atoms with Crippen LogP contribution in [0.5, 0.6) is 11.5 Å². The molecule has 0 saturated carbocycles. The summed E-state index contributed by atoms with van der Waals surface area (Å²) in [5, 5.41) is 1.05. The lowest BCUT2D eigenvalue weighted by Gasteiger charge is -2.51. The van der Waals surface area contributed by atoms with Crippen LogP contribution in [0.25, 0.3) is 0 Å². The monoisotopic (exact) mass is 666 g/mol. The van der Waals surface area contributed by atoms with Gasteiger partial charge < -0.3 is 9.47 Å². The van der Waals surface area contributed by atoms with E-state index in [1.54, 1.807) is 60.7 Å². The Bertz CT molecular complexity index is 2170. The number of carbonyl (C=O) groups excluding carboxylic acids is 2. The molecule has 6 aromatic rings. The molecular weight excluding hydrogens is 639 g/mol.